The van der Waals surface area contributed by atoms with Crippen LogP contribution in [0.2, 0.25) is 0 Å². The molecule has 2 N–H and O–H groups in total. The number of anilines is 1. The number of nitrogens with zero attached hydrogens (tertiary/aromatic N) is 5. The minimum atomic E-state index is -0.117. The molecule has 0 radical (unpaired) electrons. The predicted octanol–water partition coefficient (Wildman–Crippen LogP) is -0.327. The van der Waals surface area contributed by atoms with Crippen molar-refractivity contribution in [1.29, 1.82) is 0 Å². The fourth-order valence-electron chi connectivity index (χ4n) is 3.22. The Kier molecular flexibility index (Phi) is 4.60. The lowest BCUT2D eigenvalue weighted by Crippen LogP contribution is -2.45. The third kappa shape index (κ3) is 3.06. The first kappa shape index (κ1) is 17.0. The van der Waals surface area contributed by atoms with Crippen LogP contribution in [0.4, 0.5) is 5.95 Å². The summed E-state index contributed by atoms with van der Waals surface area (Å²) in [5.41, 5.74) is 1.35. The van der Waals surface area contributed by atoms with Gasteiger partial charge in [-0.1, -0.05) is 6.08 Å². The molecule has 2 aliphatic heterocycles. The lowest BCUT2D eigenvalue weighted by molar-refractivity contribution is 0.122. The Morgan fingerprint density at radius 1 is 1.35 bits per heavy atom. The highest BCUT2D eigenvalue weighted by molar-refractivity contribution is 7.80. The number of aromatic amines is 1. The normalized spacial score (nSPS) is 17.2. The van der Waals surface area contributed by atoms with E-state index in [1.807, 2.05) is 4.90 Å². The molecule has 0 amide bonds. The molecule has 138 valence electrons. The second-order valence-corrected chi connectivity index (χ2v) is 6.66. The molecule has 4 rings (SSSR count). The molecule has 0 bridgehead atoms. The molecule has 0 atom stereocenters. The van der Waals surface area contributed by atoms with Crippen molar-refractivity contribution in [2.45, 2.75) is 13.0 Å². The van der Waals surface area contributed by atoms with Crippen LogP contribution in [0.5, 0.6) is 0 Å². The van der Waals surface area contributed by atoms with Gasteiger partial charge in [0.2, 0.25) is 5.95 Å². The molecule has 1 saturated heterocycles. The Bertz CT molecular complexity index is 900. The Balaban J connectivity index is 1.64. The molecule has 26 heavy (non-hydrogen) atoms. The third-order valence-electron chi connectivity index (χ3n) is 4.63. The minimum Gasteiger partial charge on any atom is -0.378 e. The van der Waals surface area contributed by atoms with Crippen molar-refractivity contribution in [3.05, 3.63) is 34.3 Å². The number of ether oxygens (including phenoxy) is 1. The SMILES string of the molecule is C=CCNC(=S)N1CCc2nc3nc(N4CCOCC4)[nH]n3c(=O)c2C1. The Hall–Kier alpha value is -2.46. The molecule has 10 heteroatoms. The maximum atomic E-state index is 13.0. The second kappa shape index (κ2) is 7.04. The van der Waals surface area contributed by atoms with Gasteiger partial charge in [0.25, 0.3) is 11.3 Å². The van der Waals surface area contributed by atoms with Gasteiger partial charge >= 0.3 is 0 Å². The van der Waals surface area contributed by atoms with Crippen LogP contribution >= 0.6 is 12.2 Å². The number of hydrogen-bond donors (Lipinski definition) is 2. The van der Waals surface area contributed by atoms with E-state index in [9.17, 15) is 4.79 Å². The van der Waals surface area contributed by atoms with Gasteiger partial charge in [-0.25, -0.2) is 4.98 Å². The van der Waals surface area contributed by atoms with Gasteiger partial charge in [0.15, 0.2) is 5.11 Å². The molecule has 0 saturated carbocycles. The van der Waals surface area contributed by atoms with Crippen LogP contribution in [0.15, 0.2) is 17.4 Å². The molecule has 0 spiro atoms. The van der Waals surface area contributed by atoms with Gasteiger partial charge in [-0.05, 0) is 12.2 Å². The van der Waals surface area contributed by atoms with E-state index in [2.05, 4.69) is 31.9 Å². The van der Waals surface area contributed by atoms with E-state index in [4.69, 9.17) is 17.0 Å². The van der Waals surface area contributed by atoms with Crippen molar-refractivity contribution in [2.24, 2.45) is 0 Å². The highest BCUT2D eigenvalue weighted by Gasteiger charge is 2.25. The van der Waals surface area contributed by atoms with Crippen molar-refractivity contribution in [3.8, 4) is 0 Å². The summed E-state index contributed by atoms with van der Waals surface area (Å²) in [5.74, 6) is 1.07. The number of thiocarbonyl (C=S) groups is 1. The molecule has 2 aromatic heterocycles. The number of H-pyrrole nitrogens is 1. The summed E-state index contributed by atoms with van der Waals surface area (Å²) in [7, 11) is 0. The minimum absolute atomic E-state index is 0.117. The Morgan fingerprint density at radius 3 is 2.92 bits per heavy atom. The number of aromatic nitrogens is 4. The van der Waals surface area contributed by atoms with Gasteiger partial charge in [-0.2, -0.15) is 9.50 Å². The zero-order valence-corrected chi connectivity index (χ0v) is 15.2. The summed E-state index contributed by atoms with van der Waals surface area (Å²) >= 11 is 5.40. The molecule has 0 aliphatic carbocycles. The fourth-order valence-corrected chi connectivity index (χ4v) is 3.46. The smallest absolute Gasteiger partial charge is 0.279 e. The Labute approximate surface area is 155 Å². The van der Waals surface area contributed by atoms with Crippen LogP contribution in [0.3, 0.4) is 0 Å². The number of morpholine rings is 1. The molecule has 0 aromatic carbocycles. The lowest BCUT2D eigenvalue weighted by Gasteiger charge is -2.29. The summed E-state index contributed by atoms with van der Waals surface area (Å²) in [6.07, 6.45) is 2.42. The highest BCUT2D eigenvalue weighted by atomic mass is 32.1. The van der Waals surface area contributed by atoms with Gasteiger partial charge in [0, 0.05) is 32.6 Å². The monoisotopic (exact) mass is 375 g/mol. The number of fused-ring (bicyclic) bond motifs is 2. The van der Waals surface area contributed by atoms with E-state index in [1.165, 1.54) is 4.52 Å². The molecular weight excluding hydrogens is 354 g/mol. The molecule has 9 nitrogen and oxygen atoms in total. The quantitative estimate of drug-likeness (QED) is 0.557. The standard InChI is InChI=1S/C16H21N7O2S/c1-2-4-17-16(26)22-5-3-12-11(10-22)13(24)23-14(18-12)19-15(20-23)21-6-8-25-9-7-21/h2H,1,3-10H2,(H,17,26)(H,18,19,20). The fraction of sp³-hybridized carbons (Fsp3) is 0.500. The topological polar surface area (TPSA) is 90.8 Å². The molecule has 1 fully saturated rings. The van der Waals surface area contributed by atoms with Crippen LogP contribution < -0.4 is 15.8 Å². The van der Waals surface area contributed by atoms with Crippen molar-refractivity contribution >= 4 is 29.1 Å². The summed E-state index contributed by atoms with van der Waals surface area (Å²) in [4.78, 5) is 26.1. The van der Waals surface area contributed by atoms with E-state index < -0.39 is 0 Å². The molecule has 2 aromatic rings. The van der Waals surface area contributed by atoms with Crippen LogP contribution in [-0.2, 0) is 17.7 Å². The highest BCUT2D eigenvalue weighted by Crippen LogP contribution is 2.16. The van der Waals surface area contributed by atoms with Crippen LogP contribution in [0, 0.1) is 0 Å². The first-order chi connectivity index (χ1) is 12.7. The number of nitrogens with one attached hydrogen (secondary N) is 2. The number of hydrogen-bond acceptors (Lipinski definition) is 6. The van der Waals surface area contributed by atoms with E-state index in [0.29, 0.717) is 55.1 Å². The van der Waals surface area contributed by atoms with Crippen molar-refractivity contribution in [2.75, 3.05) is 44.3 Å². The zero-order valence-electron chi connectivity index (χ0n) is 14.4. The van der Waals surface area contributed by atoms with E-state index in [-0.39, 0.29) is 5.56 Å². The Morgan fingerprint density at radius 2 is 2.15 bits per heavy atom. The van der Waals surface area contributed by atoms with Crippen molar-refractivity contribution in [1.82, 2.24) is 29.8 Å². The van der Waals surface area contributed by atoms with Crippen molar-refractivity contribution in [3.63, 3.8) is 0 Å². The first-order valence-corrected chi connectivity index (χ1v) is 9.05. The maximum absolute atomic E-state index is 13.0. The zero-order chi connectivity index (χ0) is 18.1. The molecule has 2 aliphatic rings. The van der Waals surface area contributed by atoms with E-state index in [0.717, 1.165) is 25.3 Å². The van der Waals surface area contributed by atoms with Gasteiger partial charge in [-0.3, -0.25) is 9.89 Å². The van der Waals surface area contributed by atoms with E-state index in [1.54, 1.807) is 6.08 Å². The average Bonchev–Trinajstić information content (AvgIpc) is 3.11. The van der Waals surface area contributed by atoms with Gasteiger partial charge in [0.05, 0.1) is 31.0 Å². The van der Waals surface area contributed by atoms with Crippen LogP contribution in [0.1, 0.15) is 11.3 Å². The van der Waals surface area contributed by atoms with Gasteiger partial charge < -0.3 is 19.9 Å². The maximum Gasteiger partial charge on any atom is 0.279 e. The van der Waals surface area contributed by atoms with Crippen LogP contribution in [-0.4, -0.2) is 69.0 Å². The second-order valence-electron chi connectivity index (χ2n) is 6.27. The first-order valence-electron chi connectivity index (χ1n) is 8.64. The molecule has 4 heterocycles. The lowest BCUT2D eigenvalue weighted by atomic mass is 10.1. The van der Waals surface area contributed by atoms with Gasteiger partial charge in [0.1, 0.15) is 0 Å². The summed E-state index contributed by atoms with van der Waals surface area (Å²) in [6.45, 7) is 8.23. The van der Waals surface area contributed by atoms with E-state index >= 15 is 0 Å². The van der Waals surface area contributed by atoms with Crippen LogP contribution in [0.25, 0.3) is 5.78 Å². The summed E-state index contributed by atoms with van der Waals surface area (Å²) in [6, 6.07) is 0. The van der Waals surface area contributed by atoms with Gasteiger partial charge in [-0.15, -0.1) is 6.58 Å². The molecule has 0 unspecified atom stereocenters. The number of rotatable bonds is 3. The van der Waals surface area contributed by atoms with Crippen molar-refractivity contribution < 1.29 is 4.74 Å². The molecular formula is C16H21N7O2S. The average molecular weight is 375 g/mol. The summed E-state index contributed by atoms with van der Waals surface area (Å²) in [5, 5.41) is 6.81. The summed E-state index contributed by atoms with van der Waals surface area (Å²) < 4.78 is 6.79. The largest absolute Gasteiger partial charge is 0.378 e. The third-order valence-corrected chi connectivity index (χ3v) is 5.03. The predicted molar refractivity (Wildman–Crippen MR) is 102 cm³/mol.